The molecule has 0 unspecified atom stereocenters. The van der Waals surface area contributed by atoms with Crippen molar-refractivity contribution >= 4 is 12.0 Å². The Morgan fingerprint density at radius 3 is 2.41 bits per heavy atom. The van der Waals surface area contributed by atoms with Gasteiger partial charge in [-0.15, -0.1) is 0 Å². The lowest BCUT2D eigenvalue weighted by molar-refractivity contribution is -0.136. The van der Waals surface area contributed by atoms with E-state index in [0.29, 0.717) is 6.54 Å². The molecule has 0 atom stereocenters. The van der Waals surface area contributed by atoms with Gasteiger partial charge in [0.15, 0.2) is 0 Å². The van der Waals surface area contributed by atoms with Crippen molar-refractivity contribution in [3.63, 3.8) is 0 Å². The number of carboxylic acid groups (broad SMARTS) is 1. The summed E-state index contributed by atoms with van der Waals surface area (Å²) in [7, 11) is 0. The number of nitrogens with one attached hydrogen (secondary N) is 2. The Bertz CT molecular complexity index is 250. The number of carbonyl (C=O) groups excluding carboxylic acids is 1. The van der Waals surface area contributed by atoms with Crippen molar-refractivity contribution in [1.29, 1.82) is 0 Å². The summed E-state index contributed by atoms with van der Waals surface area (Å²) in [6.07, 6.45) is 7.55. The molecule has 0 aromatic rings. The quantitative estimate of drug-likeness (QED) is 0.595. The largest absolute Gasteiger partial charge is 0.481 e. The van der Waals surface area contributed by atoms with E-state index in [-0.39, 0.29) is 19.0 Å². The van der Waals surface area contributed by atoms with Gasteiger partial charge in [-0.2, -0.15) is 0 Å². The van der Waals surface area contributed by atoms with Gasteiger partial charge in [-0.25, -0.2) is 4.79 Å². The maximum atomic E-state index is 11.2. The Kier molecular flexibility index (Phi) is 6.43. The van der Waals surface area contributed by atoms with E-state index in [1.54, 1.807) is 0 Å². The van der Waals surface area contributed by atoms with Gasteiger partial charge in [-0.1, -0.05) is 25.7 Å². The first-order chi connectivity index (χ1) is 8.18. The number of hydrogen-bond donors (Lipinski definition) is 3. The van der Waals surface area contributed by atoms with Crippen LogP contribution in [0.3, 0.4) is 0 Å². The zero-order valence-corrected chi connectivity index (χ0v) is 10.2. The van der Waals surface area contributed by atoms with E-state index in [1.807, 2.05) is 0 Å². The maximum Gasteiger partial charge on any atom is 0.314 e. The van der Waals surface area contributed by atoms with Crippen molar-refractivity contribution in [1.82, 2.24) is 10.6 Å². The van der Waals surface area contributed by atoms with Gasteiger partial charge in [0.05, 0.1) is 6.42 Å². The lowest BCUT2D eigenvalue weighted by atomic mass is 10.0. The molecule has 2 amide bonds. The molecule has 0 radical (unpaired) electrons. The highest BCUT2D eigenvalue weighted by atomic mass is 16.4. The minimum Gasteiger partial charge on any atom is -0.481 e. The predicted molar refractivity (Wildman–Crippen MR) is 64.8 cm³/mol. The van der Waals surface area contributed by atoms with Gasteiger partial charge in [-0.3, -0.25) is 4.79 Å². The minimum absolute atomic E-state index is 0.0322. The smallest absolute Gasteiger partial charge is 0.314 e. The summed E-state index contributed by atoms with van der Waals surface area (Å²) in [5.41, 5.74) is 0. The molecule has 1 aliphatic rings. The normalized spacial score (nSPS) is 15.8. The van der Waals surface area contributed by atoms with Crippen LogP contribution >= 0.6 is 0 Å². The molecule has 0 aromatic heterocycles. The zero-order chi connectivity index (χ0) is 12.5. The van der Waals surface area contributed by atoms with Gasteiger partial charge in [0, 0.05) is 13.1 Å². The Morgan fingerprint density at radius 2 is 1.76 bits per heavy atom. The lowest BCUT2D eigenvalue weighted by Gasteiger charge is -2.09. The van der Waals surface area contributed by atoms with Crippen LogP contribution in [-0.2, 0) is 4.79 Å². The summed E-state index contributed by atoms with van der Waals surface area (Å²) < 4.78 is 0. The highest BCUT2D eigenvalue weighted by Gasteiger charge is 2.14. The first-order valence-corrected chi connectivity index (χ1v) is 6.42. The molecule has 0 aliphatic heterocycles. The molecule has 5 heteroatoms. The average Bonchev–Trinajstić information content (AvgIpc) is 2.76. The summed E-state index contributed by atoms with van der Waals surface area (Å²) >= 11 is 0. The minimum atomic E-state index is -0.897. The second-order valence-electron chi connectivity index (χ2n) is 4.62. The van der Waals surface area contributed by atoms with Gasteiger partial charge in [0.2, 0.25) is 0 Å². The van der Waals surface area contributed by atoms with Gasteiger partial charge in [0.25, 0.3) is 0 Å². The molecule has 1 fully saturated rings. The van der Waals surface area contributed by atoms with Crippen LogP contribution in [0.25, 0.3) is 0 Å². The molecule has 5 nitrogen and oxygen atoms in total. The van der Waals surface area contributed by atoms with Crippen molar-refractivity contribution < 1.29 is 14.7 Å². The van der Waals surface area contributed by atoms with Crippen molar-refractivity contribution in [3.8, 4) is 0 Å². The number of aliphatic carboxylic acids is 1. The number of amides is 2. The zero-order valence-electron chi connectivity index (χ0n) is 10.2. The average molecular weight is 242 g/mol. The first kappa shape index (κ1) is 13.8. The number of rotatable bonds is 7. The van der Waals surface area contributed by atoms with Crippen LogP contribution < -0.4 is 10.6 Å². The second-order valence-corrected chi connectivity index (χ2v) is 4.62. The van der Waals surface area contributed by atoms with Gasteiger partial charge in [0.1, 0.15) is 0 Å². The summed E-state index contributed by atoms with van der Waals surface area (Å²) in [6.45, 7) is 0.860. The third kappa shape index (κ3) is 6.81. The second kappa shape index (κ2) is 7.92. The van der Waals surface area contributed by atoms with E-state index < -0.39 is 5.97 Å². The standard InChI is InChI=1S/C12H22N2O3/c15-11(16)7-9-14-12(17)13-8-3-6-10-4-1-2-5-10/h10H,1-9H2,(H,15,16)(H2,13,14,17). The number of carbonyl (C=O) groups is 2. The monoisotopic (exact) mass is 242 g/mol. The molecular formula is C12H22N2O3. The third-order valence-electron chi connectivity index (χ3n) is 3.17. The van der Waals surface area contributed by atoms with Crippen molar-refractivity contribution in [2.75, 3.05) is 13.1 Å². The molecular weight excluding hydrogens is 220 g/mol. The lowest BCUT2D eigenvalue weighted by Crippen LogP contribution is -2.37. The van der Waals surface area contributed by atoms with E-state index >= 15 is 0 Å². The van der Waals surface area contributed by atoms with E-state index in [0.717, 1.165) is 12.3 Å². The number of carboxylic acids is 1. The molecule has 0 spiro atoms. The summed E-state index contributed by atoms with van der Waals surface area (Å²) in [5, 5.41) is 13.6. The molecule has 0 bridgehead atoms. The van der Waals surface area contributed by atoms with Crippen molar-refractivity contribution in [2.45, 2.75) is 44.9 Å². The molecule has 0 aromatic carbocycles. The fourth-order valence-electron chi connectivity index (χ4n) is 2.24. The van der Waals surface area contributed by atoms with Crippen LogP contribution in [0.4, 0.5) is 4.79 Å². The summed E-state index contributed by atoms with van der Waals surface area (Å²) in [4.78, 5) is 21.4. The fraction of sp³-hybridized carbons (Fsp3) is 0.833. The highest BCUT2D eigenvalue weighted by molar-refractivity contribution is 5.74. The maximum absolute atomic E-state index is 11.2. The Hall–Kier alpha value is -1.26. The van der Waals surface area contributed by atoms with Crippen LogP contribution in [0.1, 0.15) is 44.9 Å². The molecule has 98 valence electrons. The van der Waals surface area contributed by atoms with Crippen molar-refractivity contribution in [3.05, 3.63) is 0 Å². The van der Waals surface area contributed by atoms with E-state index in [2.05, 4.69) is 10.6 Å². The number of urea groups is 1. The predicted octanol–water partition coefficient (Wildman–Crippen LogP) is 1.73. The molecule has 17 heavy (non-hydrogen) atoms. The van der Waals surface area contributed by atoms with E-state index in [1.165, 1.54) is 32.1 Å². The SMILES string of the molecule is O=C(O)CCNC(=O)NCCCC1CCCC1. The molecule has 3 N–H and O–H groups in total. The Balaban J connectivity index is 1.90. The van der Waals surface area contributed by atoms with Crippen LogP contribution in [0.2, 0.25) is 0 Å². The summed E-state index contributed by atoms with van der Waals surface area (Å²) in [6, 6.07) is -0.266. The molecule has 0 heterocycles. The molecule has 1 rings (SSSR count). The molecule has 0 saturated heterocycles. The van der Waals surface area contributed by atoms with Gasteiger partial charge in [-0.05, 0) is 18.8 Å². The van der Waals surface area contributed by atoms with Crippen molar-refractivity contribution in [2.24, 2.45) is 5.92 Å². The fourth-order valence-corrected chi connectivity index (χ4v) is 2.24. The van der Waals surface area contributed by atoms with Gasteiger partial charge >= 0.3 is 12.0 Å². The van der Waals surface area contributed by atoms with Crippen LogP contribution in [-0.4, -0.2) is 30.2 Å². The number of hydrogen-bond acceptors (Lipinski definition) is 2. The molecule has 1 aliphatic carbocycles. The Morgan fingerprint density at radius 1 is 1.12 bits per heavy atom. The topological polar surface area (TPSA) is 78.4 Å². The molecule has 1 saturated carbocycles. The van der Waals surface area contributed by atoms with E-state index in [9.17, 15) is 9.59 Å². The Labute approximate surface area is 102 Å². The van der Waals surface area contributed by atoms with Crippen LogP contribution in [0, 0.1) is 5.92 Å². The summed E-state index contributed by atoms with van der Waals surface area (Å²) in [5.74, 6) is -0.0431. The van der Waals surface area contributed by atoms with Crippen LogP contribution in [0.15, 0.2) is 0 Å². The van der Waals surface area contributed by atoms with E-state index in [4.69, 9.17) is 5.11 Å². The third-order valence-corrected chi connectivity index (χ3v) is 3.17. The first-order valence-electron chi connectivity index (χ1n) is 6.42. The van der Waals surface area contributed by atoms with Gasteiger partial charge < -0.3 is 15.7 Å². The highest BCUT2D eigenvalue weighted by Crippen LogP contribution is 2.28. The van der Waals surface area contributed by atoms with Crippen LogP contribution in [0.5, 0.6) is 0 Å².